The number of hydrogen-bond acceptors (Lipinski definition) is 2. The lowest BCUT2D eigenvalue weighted by Gasteiger charge is -2.28. The highest BCUT2D eigenvalue weighted by Gasteiger charge is 2.14. The van der Waals surface area contributed by atoms with Crippen LogP contribution in [-0.2, 0) is 13.0 Å². The summed E-state index contributed by atoms with van der Waals surface area (Å²) in [7, 11) is 0. The van der Waals surface area contributed by atoms with E-state index in [0.29, 0.717) is 6.54 Å². The number of aliphatic hydroxyl groups excluding tert-OH is 1. The quantitative estimate of drug-likeness (QED) is 0.845. The molecule has 2 aromatic rings. The predicted molar refractivity (Wildman–Crippen MR) is 83.5 cm³/mol. The van der Waals surface area contributed by atoms with Crippen molar-refractivity contribution in [1.82, 2.24) is 4.90 Å². The summed E-state index contributed by atoms with van der Waals surface area (Å²) < 4.78 is 12.9. The van der Waals surface area contributed by atoms with E-state index in [1.54, 1.807) is 0 Å². The normalized spacial score (nSPS) is 12.6. The number of hydrogen-bond donors (Lipinski definition) is 1. The molecular weight excluding hydrogens is 265 g/mol. The van der Waals surface area contributed by atoms with E-state index in [9.17, 15) is 9.50 Å². The van der Waals surface area contributed by atoms with Crippen molar-refractivity contribution in [1.29, 1.82) is 0 Å². The van der Waals surface area contributed by atoms with Gasteiger partial charge in [-0.25, -0.2) is 4.39 Å². The lowest BCUT2D eigenvalue weighted by atomic mass is 10.0. The summed E-state index contributed by atoms with van der Waals surface area (Å²) in [6.45, 7) is 3.73. The third-order valence-corrected chi connectivity index (χ3v) is 3.68. The topological polar surface area (TPSA) is 23.5 Å². The van der Waals surface area contributed by atoms with Gasteiger partial charge in [0, 0.05) is 19.1 Å². The lowest BCUT2D eigenvalue weighted by Crippen LogP contribution is -2.36. The Morgan fingerprint density at radius 3 is 2.29 bits per heavy atom. The molecule has 0 radical (unpaired) electrons. The lowest BCUT2D eigenvalue weighted by molar-refractivity contribution is 0.150. The average molecular weight is 287 g/mol. The van der Waals surface area contributed by atoms with Gasteiger partial charge >= 0.3 is 0 Å². The molecule has 0 aliphatic rings. The van der Waals surface area contributed by atoms with Crippen LogP contribution in [0.1, 0.15) is 18.1 Å². The van der Waals surface area contributed by atoms with Crippen LogP contribution in [0.3, 0.4) is 0 Å². The van der Waals surface area contributed by atoms with Crippen molar-refractivity contribution in [3.63, 3.8) is 0 Å². The second-order valence-corrected chi connectivity index (χ2v) is 5.36. The molecule has 0 fully saturated rings. The van der Waals surface area contributed by atoms with Gasteiger partial charge in [-0.15, -0.1) is 0 Å². The minimum Gasteiger partial charge on any atom is -0.395 e. The first-order chi connectivity index (χ1) is 10.2. The Morgan fingerprint density at radius 1 is 1.00 bits per heavy atom. The molecule has 0 saturated carbocycles. The highest BCUT2D eigenvalue weighted by Crippen LogP contribution is 2.13. The Labute approximate surface area is 125 Å². The number of halogens is 1. The van der Waals surface area contributed by atoms with Crippen molar-refractivity contribution in [2.24, 2.45) is 0 Å². The smallest absolute Gasteiger partial charge is 0.123 e. The van der Waals surface area contributed by atoms with Crippen molar-refractivity contribution in [2.45, 2.75) is 25.9 Å². The van der Waals surface area contributed by atoms with Crippen LogP contribution in [-0.4, -0.2) is 29.2 Å². The van der Waals surface area contributed by atoms with Crippen LogP contribution in [0.2, 0.25) is 0 Å². The third-order valence-electron chi connectivity index (χ3n) is 3.68. The molecule has 0 amide bonds. The van der Waals surface area contributed by atoms with E-state index >= 15 is 0 Å². The van der Waals surface area contributed by atoms with Crippen LogP contribution in [0, 0.1) is 5.82 Å². The van der Waals surface area contributed by atoms with Crippen molar-refractivity contribution in [3.8, 4) is 0 Å². The average Bonchev–Trinajstić information content (AvgIpc) is 2.50. The highest BCUT2D eigenvalue weighted by atomic mass is 19.1. The van der Waals surface area contributed by atoms with Crippen LogP contribution in [0.25, 0.3) is 0 Å². The molecule has 112 valence electrons. The maximum atomic E-state index is 12.9. The summed E-state index contributed by atoms with van der Waals surface area (Å²) >= 11 is 0. The maximum absolute atomic E-state index is 12.9. The van der Waals surface area contributed by atoms with Gasteiger partial charge in [0.1, 0.15) is 5.82 Å². The Hall–Kier alpha value is -1.71. The first-order valence-corrected chi connectivity index (χ1v) is 7.32. The minimum absolute atomic E-state index is 0.139. The van der Waals surface area contributed by atoms with Gasteiger partial charge < -0.3 is 5.11 Å². The predicted octanol–water partition coefficient (Wildman–Crippen LogP) is 3.25. The molecule has 3 heteroatoms. The standard InChI is InChI=1S/C18H22FNO/c1-15(13-16-7-9-18(19)10-8-16)20(11-12-21)14-17-5-3-2-4-6-17/h2-10,15,21H,11-14H2,1H3/t15-/m0/s1. The summed E-state index contributed by atoms with van der Waals surface area (Å²) in [6, 6.07) is 17.2. The zero-order valence-corrected chi connectivity index (χ0v) is 12.4. The van der Waals surface area contributed by atoms with E-state index in [2.05, 4.69) is 24.0 Å². The van der Waals surface area contributed by atoms with Crippen LogP contribution in [0.5, 0.6) is 0 Å². The van der Waals surface area contributed by atoms with Gasteiger partial charge in [-0.3, -0.25) is 4.90 Å². The number of nitrogens with zero attached hydrogens (tertiary/aromatic N) is 1. The fourth-order valence-electron chi connectivity index (χ4n) is 2.49. The molecule has 0 unspecified atom stereocenters. The summed E-state index contributed by atoms with van der Waals surface area (Å²) in [5.74, 6) is -0.206. The van der Waals surface area contributed by atoms with Crippen molar-refractivity contribution < 1.29 is 9.50 Å². The minimum atomic E-state index is -0.206. The summed E-state index contributed by atoms with van der Waals surface area (Å²) in [4.78, 5) is 2.25. The Morgan fingerprint density at radius 2 is 1.67 bits per heavy atom. The van der Waals surface area contributed by atoms with E-state index in [0.717, 1.165) is 18.5 Å². The summed E-state index contributed by atoms with van der Waals surface area (Å²) in [6.07, 6.45) is 0.840. The molecular formula is C18H22FNO. The van der Waals surface area contributed by atoms with Gasteiger partial charge in [0.15, 0.2) is 0 Å². The van der Waals surface area contributed by atoms with E-state index in [4.69, 9.17) is 0 Å². The Balaban J connectivity index is 2.01. The second kappa shape index (κ2) is 7.91. The fraction of sp³-hybridized carbons (Fsp3) is 0.333. The van der Waals surface area contributed by atoms with Gasteiger partial charge in [0.25, 0.3) is 0 Å². The first-order valence-electron chi connectivity index (χ1n) is 7.32. The van der Waals surface area contributed by atoms with E-state index in [1.165, 1.54) is 17.7 Å². The molecule has 0 bridgehead atoms. The van der Waals surface area contributed by atoms with Crippen molar-refractivity contribution >= 4 is 0 Å². The van der Waals surface area contributed by atoms with Crippen molar-refractivity contribution in [2.75, 3.05) is 13.2 Å². The largest absolute Gasteiger partial charge is 0.395 e. The molecule has 0 aromatic heterocycles. The van der Waals surface area contributed by atoms with E-state index in [-0.39, 0.29) is 18.5 Å². The molecule has 2 rings (SSSR count). The molecule has 0 heterocycles. The molecule has 2 nitrogen and oxygen atoms in total. The van der Waals surface area contributed by atoms with E-state index in [1.807, 2.05) is 30.3 Å². The summed E-state index contributed by atoms with van der Waals surface area (Å²) in [5.41, 5.74) is 2.34. The second-order valence-electron chi connectivity index (χ2n) is 5.36. The molecule has 21 heavy (non-hydrogen) atoms. The van der Waals surface area contributed by atoms with Gasteiger partial charge in [0.2, 0.25) is 0 Å². The van der Waals surface area contributed by atoms with Crippen molar-refractivity contribution in [3.05, 3.63) is 71.5 Å². The first kappa shape index (κ1) is 15.7. The van der Waals surface area contributed by atoms with Gasteiger partial charge in [-0.2, -0.15) is 0 Å². The SMILES string of the molecule is C[C@@H](Cc1ccc(F)cc1)N(CCO)Cc1ccccc1. The molecule has 0 aliphatic carbocycles. The molecule has 0 aliphatic heterocycles. The Kier molecular flexibility index (Phi) is 5.90. The number of rotatable bonds is 7. The van der Waals surface area contributed by atoms with Gasteiger partial charge in [-0.1, -0.05) is 42.5 Å². The summed E-state index contributed by atoms with van der Waals surface area (Å²) in [5, 5.41) is 9.27. The fourth-order valence-corrected chi connectivity index (χ4v) is 2.49. The monoisotopic (exact) mass is 287 g/mol. The maximum Gasteiger partial charge on any atom is 0.123 e. The van der Waals surface area contributed by atoms with Gasteiger partial charge in [0.05, 0.1) is 6.61 Å². The zero-order valence-electron chi connectivity index (χ0n) is 12.4. The van der Waals surface area contributed by atoms with E-state index < -0.39 is 0 Å². The molecule has 0 spiro atoms. The van der Waals surface area contributed by atoms with Crippen LogP contribution in [0.15, 0.2) is 54.6 Å². The molecule has 1 N–H and O–H groups in total. The molecule has 0 saturated heterocycles. The number of aliphatic hydroxyl groups is 1. The molecule has 1 atom stereocenters. The van der Waals surface area contributed by atoms with Crippen LogP contribution >= 0.6 is 0 Å². The van der Waals surface area contributed by atoms with Gasteiger partial charge in [-0.05, 0) is 36.6 Å². The Bertz CT molecular complexity index is 527. The number of benzene rings is 2. The highest BCUT2D eigenvalue weighted by molar-refractivity contribution is 5.18. The van der Waals surface area contributed by atoms with Crippen LogP contribution in [0.4, 0.5) is 4.39 Å². The molecule has 2 aromatic carbocycles. The van der Waals surface area contributed by atoms with Crippen LogP contribution < -0.4 is 0 Å². The zero-order chi connectivity index (χ0) is 15.1. The third kappa shape index (κ3) is 4.96.